The Morgan fingerprint density at radius 3 is 2.50 bits per heavy atom. The van der Waals surface area contributed by atoms with E-state index in [1.807, 2.05) is 36.4 Å². The van der Waals surface area contributed by atoms with Crippen molar-refractivity contribution in [3.05, 3.63) is 77.6 Å². The van der Waals surface area contributed by atoms with Crippen LogP contribution >= 0.6 is 0 Å². The van der Waals surface area contributed by atoms with E-state index in [0.717, 1.165) is 16.7 Å². The minimum Gasteiger partial charge on any atom is -0.288 e. The molecular weight excluding hydrogens is 351 g/mol. The van der Waals surface area contributed by atoms with Gasteiger partial charge in [-0.3, -0.25) is 4.90 Å². The molecule has 6 heteroatoms. The molecule has 138 valence electrons. The third-order valence-electron chi connectivity index (χ3n) is 4.66. The van der Waals surface area contributed by atoms with Crippen LogP contribution < -0.4 is 0 Å². The van der Waals surface area contributed by atoms with E-state index < -0.39 is 10.0 Å². The highest BCUT2D eigenvalue weighted by Crippen LogP contribution is 2.34. The normalized spacial score (nSPS) is 18.3. The summed E-state index contributed by atoms with van der Waals surface area (Å²) >= 11 is 0. The van der Waals surface area contributed by atoms with E-state index in [9.17, 15) is 12.8 Å². The summed E-state index contributed by atoms with van der Waals surface area (Å²) in [5.41, 5.74) is 2.95. The zero-order valence-electron chi connectivity index (χ0n) is 15.0. The number of hydrogen-bond donors (Lipinski definition) is 0. The van der Waals surface area contributed by atoms with Crippen LogP contribution in [0.5, 0.6) is 0 Å². The molecule has 0 bridgehead atoms. The van der Waals surface area contributed by atoms with Crippen molar-refractivity contribution in [3.63, 3.8) is 0 Å². The van der Waals surface area contributed by atoms with Crippen molar-refractivity contribution >= 4 is 15.6 Å². The lowest BCUT2D eigenvalue weighted by Crippen LogP contribution is -2.34. The van der Waals surface area contributed by atoms with Crippen LogP contribution in [0.2, 0.25) is 0 Å². The van der Waals surface area contributed by atoms with Gasteiger partial charge in [-0.05, 0) is 28.8 Å². The number of halogens is 1. The number of nitrogens with zero attached hydrogens (tertiary/aromatic N) is 2. The predicted octanol–water partition coefficient (Wildman–Crippen LogP) is 3.16. The van der Waals surface area contributed by atoms with Crippen molar-refractivity contribution in [1.29, 1.82) is 0 Å². The molecule has 2 aromatic rings. The van der Waals surface area contributed by atoms with E-state index in [-0.39, 0.29) is 17.6 Å². The Labute approximate surface area is 154 Å². The number of benzene rings is 2. The van der Waals surface area contributed by atoms with Crippen molar-refractivity contribution in [2.45, 2.75) is 6.04 Å². The lowest BCUT2D eigenvalue weighted by molar-refractivity contribution is 0.292. The summed E-state index contributed by atoms with van der Waals surface area (Å²) in [6.45, 7) is 1.00. The van der Waals surface area contributed by atoms with Crippen molar-refractivity contribution in [2.24, 2.45) is 0 Å². The summed E-state index contributed by atoms with van der Waals surface area (Å²) in [6.07, 6.45) is 2.10. The molecule has 0 aromatic heterocycles. The van der Waals surface area contributed by atoms with E-state index in [2.05, 4.69) is 11.0 Å². The maximum atomic E-state index is 13.6. The molecule has 0 amide bonds. The lowest BCUT2D eigenvalue weighted by Gasteiger charge is -2.25. The van der Waals surface area contributed by atoms with Gasteiger partial charge in [0.05, 0.1) is 11.8 Å². The molecule has 0 fully saturated rings. The van der Waals surface area contributed by atoms with Crippen LogP contribution in [0.4, 0.5) is 4.39 Å². The Bertz CT molecular complexity index is 895. The summed E-state index contributed by atoms with van der Waals surface area (Å²) in [6, 6.07) is 16.5. The Morgan fingerprint density at radius 1 is 1.12 bits per heavy atom. The van der Waals surface area contributed by atoms with E-state index in [1.165, 1.54) is 16.4 Å². The standard InChI is InChI=1S/C20H23FN2O2S/c1-22(2)26(24,25)12-11-23-15-18(17-9-6-10-19(21)13-17)14-20(23)16-7-4-3-5-8-16/h3-10,13-14,20H,11-12,15H2,1-2H3/t20-/m0/s1. The first-order valence-corrected chi connectivity index (χ1v) is 10.1. The van der Waals surface area contributed by atoms with Gasteiger partial charge in [0.1, 0.15) is 5.82 Å². The quantitative estimate of drug-likeness (QED) is 0.780. The summed E-state index contributed by atoms with van der Waals surface area (Å²) < 4.78 is 39.2. The molecule has 0 radical (unpaired) electrons. The van der Waals surface area contributed by atoms with Gasteiger partial charge >= 0.3 is 0 Å². The minimum absolute atomic E-state index is 0.0215. The van der Waals surface area contributed by atoms with E-state index >= 15 is 0 Å². The first kappa shape index (κ1) is 18.8. The Hall–Kier alpha value is -2.02. The van der Waals surface area contributed by atoms with Crippen LogP contribution in [0.1, 0.15) is 17.2 Å². The molecule has 26 heavy (non-hydrogen) atoms. The predicted molar refractivity (Wildman–Crippen MR) is 103 cm³/mol. The molecule has 0 aliphatic carbocycles. The molecule has 3 rings (SSSR count). The highest BCUT2D eigenvalue weighted by molar-refractivity contribution is 7.89. The second-order valence-corrected chi connectivity index (χ2v) is 8.93. The van der Waals surface area contributed by atoms with Crippen LogP contribution in [-0.4, -0.2) is 50.6 Å². The van der Waals surface area contributed by atoms with E-state index in [0.29, 0.717) is 13.1 Å². The molecule has 0 N–H and O–H groups in total. The minimum atomic E-state index is -3.27. The second-order valence-electron chi connectivity index (χ2n) is 6.63. The summed E-state index contributed by atoms with van der Waals surface area (Å²) in [5, 5.41) is 0. The molecule has 0 saturated carbocycles. The molecular formula is C20H23FN2O2S. The molecule has 0 unspecified atom stereocenters. The number of sulfonamides is 1. The highest BCUT2D eigenvalue weighted by atomic mass is 32.2. The molecule has 1 aliphatic heterocycles. The molecule has 2 aromatic carbocycles. The van der Waals surface area contributed by atoms with Gasteiger partial charge in [0.25, 0.3) is 0 Å². The molecule has 1 atom stereocenters. The van der Waals surface area contributed by atoms with Crippen molar-refractivity contribution in [2.75, 3.05) is 32.9 Å². The van der Waals surface area contributed by atoms with Gasteiger partial charge in [0, 0.05) is 27.2 Å². The largest absolute Gasteiger partial charge is 0.288 e. The van der Waals surface area contributed by atoms with Crippen LogP contribution in [0.15, 0.2) is 60.7 Å². The first-order valence-electron chi connectivity index (χ1n) is 8.52. The Morgan fingerprint density at radius 2 is 1.85 bits per heavy atom. The van der Waals surface area contributed by atoms with Crippen LogP contribution in [0, 0.1) is 5.82 Å². The zero-order valence-corrected chi connectivity index (χ0v) is 15.8. The number of hydrogen-bond acceptors (Lipinski definition) is 3. The van der Waals surface area contributed by atoms with Crippen molar-refractivity contribution in [1.82, 2.24) is 9.21 Å². The fourth-order valence-electron chi connectivity index (χ4n) is 3.13. The Kier molecular flexibility index (Phi) is 5.55. The first-order chi connectivity index (χ1) is 12.4. The van der Waals surface area contributed by atoms with Crippen molar-refractivity contribution in [3.8, 4) is 0 Å². The number of rotatable bonds is 6. The average Bonchev–Trinajstić information content (AvgIpc) is 3.05. The third-order valence-corrected chi connectivity index (χ3v) is 6.47. The summed E-state index contributed by atoms with van der Waals surface area (Å²) in [7, 11) is -0.179. The second kappa shape index (κ2) is 7.70. The topological polar surface area (TPSA) is 40.6 Å². The fourth-order valence-corrected chi connectivity index (χ4v) is 3.96. The molecule has 1 aliphatic rings. The van der Waals surface area contributed by atoms with Gasteiger partial charge in [0.15, 0.2) is 0 Å². The SMILES string of the molecule is CN(C)S(=O)(=O)CCN1CC(c2cccc(F)c2)=C[C@H]1c1ccccc1. The smallest absolute Gasteiger partial charge is 0.214 e. The Balaban J connectivity index is 1.87. The van der Waals surface area contributed by atoms with Crippen molar-refractivity contribution < 1.29 is 12.8 Å². The molecule has 1 heterocycles. The third kappa shape index (κ3) is 4.20. The zero-order chi connectivity index (χ0) is 18.7. The highest BCUT2D eigenvalue weighted by Gasteiger charge is 2.28. The van der Waals surface area contributed by atoms with Gasteiger partial charge in [-0.15, -0.1) is 0 Å². The average molecular weight is 374 g/mol. The molecule has 0 saturated heterocycles. The monoisotopic (exact) mass is 374 g/mol. The summed E-state index contributed by atoms with van der Waals surface area (Å²) in [4.78, 5) is 2.12. The van der Waals surface area contributed by atoms with Gasteiger partial charge < -0.3 is 0 Å². The van der Waals surface area contributed by atoms with E-state index in [4.69, 9.17) is 0 Å². The van der Waals surface area contributed by atoms with E-state index in [1.54, 1.807) is 20.2 Å². The van der Waals surface area contributed by atoms with Crippen LogP contribution in [-0.2, 0) is 10.0 Å². The van der Waals surface area contributed by atoms with Gasteiger partial charge in [-0.25, -0.2) is 17.1 Å². The summed E-state index contributed by atoms with van der Waals surface area (Å²) in [5.74, 6) is -0.221. The maximum absolute atomic E-state index is 13.6. The van der Waals surface area contributed by atoms with Gasteiger partial charge in [0.2, 0.25) is 10.0 Å². The molecule has 0 spiro atoms. The maximum Gasteiger partial charge on any atom is 0.214 e. The van der Waals surface area contributed by atoms with Gasteiger partial charge in [-0.2, -0.15) is 0 Å². The molecule has 4 nitrogen and oxygen atoms in total. The van der Waals surface area contributed by atoms with Crippen LogP contribution in [0.25, 0.3) is 5.57 Å². The van der Waals surface area contributed by atoms with Crippen LogP contribution in [0.3, 0.4) is 0 Å². The van der Waals surface area contributed by atoms with Gasteiger partial charge in [-0.1, -0.05) is 48.5 Å². The lowest BCUT2D eigenvalue weighted by atomic mass is 10.0. The fraction of sp³-hybridized carbons (Fsp3) is 0.300.